The molecule has 3 nitrogen and oxygen atoms in total. The van der Waals surface area contributed by atoms with Crippen LogP contribution in [0.5, 0.6) is 0 Å². The van der Waals surface area contributed by atoms with Crippen molar-refractivity contribution in [1.29, 1.82) is 0 Å². The summed E-state index contributed by atoms with van der Waals surface area (Å²) in [6.07, 6.45) is 3.12. The molecular formula is C8H10BrN3S. The van der Waals surface area contributed by atoms with Gasteiger partial charge in [0.15, 0.2) is 3.92 Å². The molecule has 0 aliphatic heterocycles. The van der Waals surface area contributed by atoms with Gasteiger partial charge in [0.05, 0.1) is 11.9 Å². The molecule has 0 fully saturated rings. The van der Waals surface area contributed by atoms with Gasteiger partial charge in [-0.25, -0.2) is 9.50 Å². The highest BCUT2D eigenvalue weighted by Crippen LogP contribution is 2.23. The zero-order chi connectivity index (χ0) is 9.42. The zero-order valence-electron chi connectivity index (χ0n) is 7.49. The fourth-order valence-corrected chi connectivity index (χ4v) is 2.36. The van der Waals surface area contributed by atoms with E-state index >= 15 is 0 Å². The standard InChI is InChI=1S/C8H10BrN3S/c1-3-5(2)6-4-12-8(10-6)13-7(9)11-12/h4-5H,3H2,1-2H3. The highest BCUT2D eigenvalue weighted by atomic mass is 79.9. The number of hydrogen-bond donors (Lipinski definition) is 0. The van der Waals surface area contributed by atoms with Gasteiger partial charge in [-0.1, -0.05) is 25.2 Å². The van der Waals surface area contributed by atoms with Gasteiger partial charge in [0.25, 0.3) is 0 Å². The van der Waals surface area contributed by atoms with Crippen LogP contribution in [-0.2, 0) is 0 Å². The Bertz CT molecular complexity index is 388. The lowest BCUT2D eigenvalue weighted by Gasteiger charge is -2.01. The minimum Gasteiger partial charge on any atom is -0.222 e. The molecule has 5 heteroatoms. The average molecular weight is 260 g/mol. The molecule has 2 rings (SSSR count). The lowest BCUT2D eigenvalue weighted by Crippen LogP contribution is -1.90. The quantitative estimate of drug-likeness (QED) is 0.830. The van der Waals surface area contributed by atoms with E-state index < -0.39 is 0 Å². The van der Waals surface area contributed by atoms with Crippen LogP contribution in [0.4, 0.5) is 0 Å². The second kappa shape index (κ2) is 3.38. The van der Waals surface area contributed by atoms with Crippen LogP contribution in [0.1, 0.15) is 31.9 Å². The number of halogens is 1. The molecule has 1 unspecified atom stereocenters. The Morgan fingerprint density at radius 2 is 2.46 bits per heavy atom. The van der Waals surface area contributed by atoms with Crippen LogP contribution in [0.25, 0.3) is 4.96 Å². The summed E-state index contributed by atoms with van der Waals surface area (Å²) in [6.45, 7) is 4.35. The number of hydrogen-bond acceptors (Lipinski definition) is 3. The van der Waals surface area contributed by atoms with Crippen LogP contribution in [0.2, 0.25) is 0 Å². The largest absolute Gasteiger partial charge is 0.222 e. The van der Waals surface area contributed by atoms with Gasteiger partial charge in [-0.05, 0) is 28.3 Å². The molecule has 0 saturated heterocycles. The maximum Gasteiger partial charge on any atom is 0.213 e. The zero-order valence-corrected chi connectivity index (χ0v) is 9.89. The number of fused-ring (bicyclic) bond motifs is 1. The van der Waals surface area contributed by atoms with E-state index in [0.29, 0.717) is 5.92 Å². The van der Waals surface area contributed by atoms with Gasteiger partial charge in [0.1, 0.15) is 0 Å². The third kappa shape index (κ3) is 1.62. The number of aromatic nitrogens is 3. The normalized spacial score (nSPS) is 13.8. The van der Waals surface area contributed by atoms with Gasteiger partial charge in [0, 0.05) is 0 Å². The van der Waals surface area contributed by atoms with Crippen LogP contribution in [-0.4, -0.2) is 14.6 Å². The van der Waals surface area contributed by atoms with Gasteiger partial charge in [-0.2, -0.15) is 0 Å². The SMILES string of the molecule is CCC(C)c1cn2nc(Br)sc2n1. The maximum absolute atomic E-state index is 4.49. The molecule has 0 N–H and O–H groups in total. The molecule has 70 valence electrons. The molecule has 2 aromatic rings. The summed E-state index contributed by atoms with van der Waals surface area (Å²) in [7, 11) is 0. The van der Waals surface area contributed by atoms with E-state index in [1.165, 1.54) is 0 Å². The van der Waals surface area contributed by atoms with Crippen LogP contribution < -0.4 is 0 Å². The number of nitrogens with zero attached hydrogens (tertiary/aromatic N) is 3. The summed E-state index contributed by atoms with van der Waals surface area (Å²) < 4.78 is 2.71. The Morgan fingerprint density at radius 3 is 3.08 bits per heavy atom. The maximum atomic E-state index is 4.49. The third-order valence-corrected chi connectivity index (χ3v) is 3.51. The summed E-state index contributed by atoms with van der Waals surface area (Å²) in [6, 6.07) is 0. The van der Waals surface area contributed by atoms with Crippen molar-refractivity contribution in [3.63, 3.8) is 0 Å². The monoisotopic (exact) mass is 259 g/mol. The average Bonchev–Trinajstić information content (AvgIpc) is 2.59. The summed E-state index contributed by atoms with van der Waals surface area (Å²) >= 11 is 4.89. The highest BCUT2D eigenvalue weighted by molar-refractivity contribution is 9.11. The molecule has 2 heterocycles. The molecule has 0 saturated carbocycles. The van der Waals surface area contributed by atoms with Gasteiger partial charge >= 0.3 is 0 Å². The van der Waals surface area contributed by atoms with E-state index in [0.717, 1.165) is 21.0 Å². The topological polar surface area (TPSA) is 30.2 Å². The fourth-order valence-electron chi connectivity index (χ4n) is 1.14. The Labute approximate surface area is 88.9 Å². The van der Waals surface area contributed by atoms with Gasteiger partial charge < -0.3 is 0 Å². The Balaban J connectivity index is 2.45. The smallest absolute Gasteiger partial charge is 0.213 e. The first kappa shape index (κ1) is 9.15. The van der Waals surface area contributed by atoms with Crippen molar-refractivity contribution in [3.05, 3.63) is 15.8 Å². The molecule has 0 spiro atoms. The predicted octanol–water partition coefficient (Wildman–Crippen LogP) is 3.07. The van der Waals surface area contributed by atoms with Crippen molar-refractivity contribution in [2.24, 2.45) is 0 Å². The lowest BCUT2D eigenvalue weighted by molar-refractivity contribution is 0.712. The van der Waals surface area contributed by atoms with E-state index in [1.54, 1.807) is 11.3 Å². The third-order valence-electron chi connectivity index (χ3n) is 2.15. The van der Waals surface area contributed by atoms with Gasteiger partial charge in [-0.3, -0.25) is 0 Å². The van der Waals surface area contributed by atoms with Gasteiger partial charge in [-0.15, -0.1) is 5.10 Å². The molecule has 1 atom stereocenters. The van der Waals surface area contributed by atoms with Crippen LogP contribution in [0, 0.1) is 0 Å². The van der Waals surface area contributed by atoms with E-state index in [-0.39, 0.29) is 0 Å². The second-order valence-electron chi connectivity index (χ2n) is 3.06. The molecule has 0 aliphatic rings. The summed E-state index contributed by atoms with van der Waals surface area (Å²) in [5, 5.41) is 4.24. The molecular weight excluding hydrogens is 250 g/mol. The highest BCUT2D eigenvalue weighted by Gasteiger charge is 2.10. The number of rotatable bonds is 2. The first-order chi connectivity index (χ1) is 6.20. The van der Waals surface area contributed by atoms with Crippen LogP contribution in [0.3, 0.4) is 0 Å². The molecule has 0 aliphatic carbocycles. The first-order valence-electron chi connectivity index (χ1n) is 4.22. The molecule has 0 amide bonds. The molecule has 0 bridgehead atoms. The molecule has 13 heavy (non-hydrogen) atoms. The lowest BCUT2D eigenvalue weighted by atomic mass is 10.1. The molecule has 0 radical (unpaired) electrons. The number of imidazole rings is 1. The Hall–Kier alpha value is -0.420. The van der Waals surface area contributed by atoms with Crippen LogP contribution >= 0.6 is 27.3 Å². The van der Waals surface area contributed by atoms with Crippen molar-refractivity contribution >= 4 is 32.2 Å². The van der Waals surface area contributed by atoms with Crippen molar-refractivity contribution in [2.45, 2.75) is 26.2 Å². The van der Waals surface area contributed by atoms with Crippen LogP contribution in [0.15, 0.2) is 10.1 Å². The van der Waals surface area contributed by atoms with E-state index in [4.69, 9.17) is 0 Å². The Morgan fingerprint density at radius 1 is 1.69 bits per heavy atom. The summed E-state index contributed by atoms with van der Waals surface area (Å²) in [5.74, 6) is 0.521. The van der Waals surface area contributed by atoms with E-state index in [1.807, 2.05) is 10.7 Å². The Kier molecular flexibility index (Phi) is 2.38. The second-order valence-corrected chi connectivity index (χ2v) is 5.29. The van der Waals surface area contributed by atoms with E-state index in [9.17, 15) is 0 Å². The minimum absolute atomic E-state index is 0.521. The first-order valence-corrected chi connectivity index (χ1v) is 5.83. The summed E-state index contributed by atoms with van der Waals surface area (Å²) in [4.78, 5) is 5.45. The van der Waals surface area contributed by atoms with Crippen molar-refractivity contribution < 1.29 is 0 Å². The summed E-state index contributed by atoms with van der Waals surface area (Å²) in [5.41, 5.74) is 1.13. The molecule has 0 aromatic carbocycles. The van der Waals surface area contributed by atoms with Crippen molar-refractivity contribution in [2.75, 3.05) is 0 Å². The molecule has 2 aromatic heterocycles. The predicted molar refractivity (Wildman–Crippen MR) is 57.3 cm³/mol. The van der Waals surface area contributed by atoms with Crippen molar-refractivity contribution in [3.8, 4) is 0 Å². The van der Waals surface area contributed by atoms with Gasteiger partial charge in [0.2, 0.25) is 4.96 Å². The van der Waals surface area contributed by atoms with Crippen molar-refractivity contribution in [1.82, 2.24) is 14.6 Å². The van der Waals surface area contributed by atoms with E-state index in [2.05, 4.69) is 39.9 Å². The fraction of sp³-hybridized carbons (Fsp3) is 0.500. The minimum atomic E-state index is 0.521.